The molecule has 0 unspecified atom stereocenters. The molecule has 1 aromatic rings. The Balaban J connectivity index is 2.86. The fraction of sp³-hybridized carbons (Fsp3) is 0.526. The average Bonchev–Trinajstić information content (AvgIpc) is 2.59. The van der Waals surface area contributed by atoms with Gasteiger partial charge in [-0.05, 0) is 24.3 Å². The summed E-state index contributed by atoms with van der Waals surface area (Å²) in [5.41, 5.74) is 0.866. The van der Waals surface area contributed by atoms with Crippen molar-refractivity contribution in [3.8, 4) is 0 Å². The lowest BCUT2D eigenvalue weighted by Crippen LogP contribution is -2.54. The van der Waals surface area contributed by atoms with E-state index in [9.17, 15) is 19.5 Å². The minimum Gasteiger partial charge on any atom is -0.467 e. The summed E-state index contributed by atoms with van der Waals surface area (Å²) in [6, 6.07) is 7.55. The molecule has 3 atom stereocenters. The maximum atomic E-state index is 12.4. The van der Waals surface area contributed by atoms with Gasteiger partial charge >= 0.3 is 5.97 Å². The molecule has 0 saturated heterocycles. The molecule has 0 fully saturated rings. The van der Waals surface area contributed by atoms with E-state index >= 15 is 0 Å². The highest BCUT2D eigenvalue weighted by Gasteiger charge is 2.31. The van der Waals surface area contributed by atoms with Crippen molar-refractivity contribution in [3.05, 3.63) is 35.9 Å². The third-order valence-electron chi connectivity index (χ3n) is 3.85. The number of hydrogen-bond donors (Lipinski definition) is 3. The average molecular weight is 364 g/mol. The molecular weight excluding hydrogens is 336 g/mol. The highest BCUT2D eigenvalue weighted by Crippen LogP contribution is 2.10. The lowest BCUT2D eigenvalue weighted by Gasteiger charge is -2.25. The van der Waals surface area contributed by atoms with E-state index < -0.39 is 30.1 Å². The van der Waals surface area contributed by atoms with E-state index in [2.05, 4.69) is 10.6 Å². The fourth-order valence-corrected chi connectivity index (χ4v) is 2.64. The fourth-order valence-electron chi connectivity index (χ4n) is 2.64. The van der Waals surface area contributed by atoms with Crippen LogP contribution >= 0.6 is 0 Å². The van der Waals surface area contributed by atoms with Gasteiger partial charge in [0.1, 0.15) is 6.04 Å². The summed E-state index contributed by atoms with van der Waals surface area (Å²) in [7, 11) is 1.24. The van der Waals surface area contributed by atoms with E-state index in [1.54, 1.807) is 0 Å². The van der Waals surface area contributed by atoms with Crippen LogP contribution in [0.2, 0.25) is 0 Å². The van der Waals surface area contributed by atoms with Gasteiger partial charge < -0.3 is 20.5 Å². The van der Waals surface area contributed by atoms with Crippen molar-refractivity contribution in [2.45, 2.75) is 51.8 Å². The van der Waals surface area contributed by atoms with Gasteiger partial charge in [0, 0.05) is 6.92 Å². The van der Waals surface area contributed by atoms with E-state index in [4.69, 9.17) is 4.74 Å². The van der Waals surface area contributed by atoms with Crippen LogP contribution < -0.4 is 10.6 Å². The molecule has 0 saturated carbocycles. The Bertz CT molecular complexity index is 603. The van der Waals surface area contributed by atoms with Gasteiger partial charge in [0.2, 0.25) is 5.91 Å². The molecule has 144 valence electrons. The van der Waals surface area contributed by atoms with Crippen LogP contribution in [0, 0.1) is 5.92 Å². The summed E-state index contributed by atoms with van der Waals surface area (Å²) < 4.78 is 4.71. The molecule has 1 rings (SSSR count). The molecular formula is C19H28N2O5. The Morgan fingerprint density at radius 3 is 2.23 bits per heavy atom. The number of carbonyl (C=O) groups excluding carboxylic acids is 3. The zero-order valence-electron chi connectivity index (χ0n) is 15.7. The van der Waals surface area contributed by atoms with Gasteiger partial charge in [-0.1, -0.05) is 44.2 Å². The number of rotatable bonds is 9. The molecule has 0 radical (unpaired) electrons. The maximum Gasteiger partial charge on any atom is 0.328 e. The molecule has 7 nitrogen and oxygen atoms in total. The van der Waals surface area contributed by atoms with Crippen molar-refractivity contribution in [2.75, 3.05) is 7.11 Å². The maximum absolute atomic E-state index is 12.4. The molecule has 0 aliphatic rings. The van der Waals surface area contributed by atoms with Crippen molar-refractivity contribution in [3.63, 3.8) is 0 Å². The minimum absolute atomic E-state index is 0.145. The molecule has 26 heavy (non-hydrogen) atoms. The first-order chi connectivity index (χ1) is 12.2. The standard InChI is InChI=1S/C19H28N2O5/c1-12(2)10-16(19(25)26-4)21-18(24)17(23)15(20-13(3)22)11-14-8-6-5-7-9-14/h5-9,12,15-17,23H,10-11H2,1-4H3,(H,20,22)(H,21,24)/t15-,16+,17+/m1/s1. The molecule has 3 N–H and O–H groups in total. The second-order valence-corrected chi connectivity index (χ2v) is 6.66. The van der Waals surface area contributed by atoms with Gasteiger partial charge in [0.25, 0.3) is 5.91 Å². The highest BCUT2D eigenvalue weighted by molar-refractivity contribution is 5.87. The van der Waals surface area contributed by atoms with E-state index in [-0.39, 0.29) is 18.2 Å². The van der Waals surface area contributed by atoms with Crippen molar-refractivity contribution in [2.24, 2.45) is 5.92 Å². The predicted molar refractivity (Wildman–Crippen MR) is 97.2 cm³/mol. The predicted octanol–water partition coefficient (Wildman–Crippen LogP) is 0.799. The summed E-state index contributed by atoms with van der Waals surface area (Å²) in [5, 5.41) is 15.6. The molecule has 0 aliphatic heterocycles. The lowest BCUT2D eigenvalue weighted by molar-refractivity contribution is -0.147. The number of benzene rings is 1. The molecule has 2 amide bonds. The molecule has 0 heterocycles. The zero-order chi connectivity index (χ0) is 19.7. The largest absolute Gasteiger partial charge is 0.467 e. The Morgan fingerprint density at radius 1 is 1.12 bits per heavy atom. The van der Waals surface area contributed by atoms with Gasteiger partial charge in [0.05, 0.1) is 13.2 Å². The summed E-state index contributed by atoms with van der Waals surface area (Å²) in [6.07, 6.45) is -0.838. The number of nitrogens with one attached hydrogen (secondary N) is 2. The number of aliphatic hydroxyl groups is 1. The van der Waals surface area contributed by atoms with Crippen molar-refractivity contribution in [1.29, 1.82) is 0 Å². The van der Waals surface area contributed by atoms with Crippen LogP contribution in [-0.2, 0) is 25.5 Å². The second kappa shape index (κ2) is 10.6. The lowest BCUT2D eigenvalue weighted by atomic mass is 9.99. The van der Waals surface area contributed by atoms with Gasteiger partial charge in [0.15, 0.2) is 6.10 Å². The first-order valence-electron chi connectivity index (χ1n) is 8.61. The van der Waals surface area contributed by atoms with Crippen molar-refractivity contribution in [1.82, 2.24) is 10.6 Å². The van der Waals surface area contributed by atoms with Crippen LogP contribution in [0.25, 0.3) is 0 Å². The van der Waals surface area contributed by atoms with Gasteiger partial charge in [-0.3, -0.25) is 9.59 Å². The van der Waals surface area contributed by atoms with Gasteiger partial charge in [-0.25, -0.2) is 4.79 Å². The number of carbonyl (C=O) groups is 3. The summed E-state index contributed by atoms with van der Waals surface area (Å²) in [6.45, 7) is 5.14. The Hall–Kier alpha value is -2.41. The number of hydrogen-bond acceptors (Lipinski definition) is 5. The molecule has 0 spiro atoms. The van der Waals surface area contributed by atoms with Crippen LogP contribution in [-0.4, -0.2) is 48.2 Å². The number of esters is 1. The minimum atomic E-state index is -1.50. The number of ether oxygens (including phenoxy) is 1. The first-order valence-corrected chi connectivity index (χ1v) is 8.61. The molecule has 0 bridgehead atoms. The third-order valence-corrected chi connectivity index (χ3v) is 3.85. The number of methoxy groups -OCH3 is 1. The monoisotopic (exact) mass is 364 g/mol. The SMILES string of the molecule is COC(=O)[C@H](CC(C)C)NC(=O)[C@@H](O)[C@@H](Cc1ccccc1)NC(C)=O. The van der Waals surface area contributed by atoms with Crippen LogP contribution in [0.15, 0.2) is 30.3 Å². The topological polar surface area (TPSA) is 105 Å². The van der Waals surface area contributed by atoms with Crippen LogP contribution in [0.3, 0.4) is 0 Å². The molecule has 0 aliphatic carbocycles. The van der Waals surface area contributed by atoms with E-state index in [0.717, 1.165) is 5.56 Å². The number of aliphatic hydroxyl groups excluding tert-OH is 1. The van der Waals surface area contributed by atoms with E-state index in [1.165, 1.54) is 14.0 Å². The normalized spacial score (nSPS) is 14.2. The van der Waals surface area contributed by atoms with Crippen LogP contribution in [0.1, 0.15) is 32.8 Å². The first kappa shape index (κ1) is 21.6. The van der Waals surface area contributed by atoms with E-state index in [1.807, 2.05) is 44.2 Å². The Morgan fingerprint density at radius 2 is 1.73 bits per heavy atom. The Kier molecular flexibility index (Phi) is 8.78. The third kappa shape index (κ3) is 7.23. The van der Waals surface area contributed by atoms with Crippen LogP contribution in [0.5, 0.6) is 0 Å². The zero-order valence-corrected chi connectivity index (χ0v) is 15.7. The summed E-state index contributed by atoms with van der Waals surface area (Å²) in [4.78, 5) is 35.8. The van der Waals surface area contributed by atoms with Gasteiger partial charge in [-0.15, -0.1) is 0 Å². The summed E-state index contributed by atoms with van der Waals surface area (Å²) >= 11 is 0. The van der Waals surface area contributed by atoms with Crippen LogP contribution in [0.4, 0.5) is 0 Å². The van der Waals surface area contributed by atoms with Crippen molar-refractivity contribution >= 4 is 17.8 Å². The second-order valence-electron chi connectivity index (χ2n) is 6.66. The molecule has 7 heteroatoms. The smallest absolute Gasteiger partial charge is 0.328 e. The molecule has 1 aromatic carbocycles. The highest BCUT2D eigenvalue weighted by atomic mass is 16.5. The van der Waals surface area contributed by atoms with Gasteiger partial charge in [-0.2, -0.15) is 0 Å². The van der Waals surface area contributed by atoms with Crippen molar-refractivity contribution < 1.29 is 24.2 Å². The Labute approximate surface area is 154 Å². The quantitative estimate of drug-likeness (QED) is 0.562. The number of amides is 2. The summed E-state index contributed by atoms with van der Waals surface area (Å²) in [5.74, 6) is -1.51. The molecule has 0 aromatic heterocycles. The van der Waals surface area contributed by atoms with E-state index in [0.29, 0.717) is 6.42 Å².